The average Bonchev–Trinajstić information content (AvgIpc) is 4.02. The Morgan fingerprint density at radius 3 is 2.10 bits per heavy atom. The number of carbonyl (C=O) groups is 4. The summed E-state index contributed by atoms with van der Waals surface area (Å²) in [5.74, 6) is -0.839. The number of thiazole rings is 1. The largest absolute Gasteiger partial charge is 0.492 e. The maximum Gasteiger partial charge on any atom is 0.409 e. The summed E-state index contributed by atoms with van der Waals surface area (Å²) in [6.07, 6.45) is 0.180. The van der Waals surface area contributed by atoms with Gasteiger partial charge in [-0.1, -0.05) is 142 Å². The molecular formula is C58H65N5O8S. The second-order valence-electron chi connectivity index (χ2n) is 18.3. The lowest BCUT2D eigenvalue weighted by molar-refractivity contribution is -0.143. The number of ether oxygens (including phenoxy) is 3. The fourth-order valence-electron chi connectivity index (χ4n) is 8.68. The summed E-state index contributed by atoms with van der Waals surface area (Å²) in [7, 11) is 1.68. The van der Waals surface area contributed by atoms with Crippen molar-refractivity contribution < 1.29 is 38.5 Å². The summed E-state index contributed by atoms with van der Waals surface area (Å²) in [6.45, 7) is 8.76. The van der Waals surface area contributed by atoms with E-state index in [0.717, 1.165) is 50.4 Å². The zero-order valence-corrected chi connectivity index (χ0v) is 42.5. The summed E-state index contributed by atoms with van der Waals surface area (Å²) >= 11 is 1.57. The number of aryl methyl sites for hydroxylation is 1. The molecule has 6 aromatic rings. The molecule has 13 nitrogen and oxygen atoms in total. The number of allylic oxidation sites excluding steroid dienone is 1. The first kappa shape index (κ1) is 52.7. The van der Waals surface area contributed by atoms with Crippen LogP contribution in [0.2, 0.25) is 0 Å². The van der Waals surface area contributed by atoms with Gasteiger partial charge in [0.1, 0.15) is 37.7 Å². The zero-order chi connectivity index (χ0) is 51.0. The first-order valence-corrected chi connectivity index (χ1v) is 25.4. The van der Waals surface area contributed by atoms with Crippen LogP contribution in [0.15, 0.2) is 139 Å². The lowest BCUT2D eigenvalue weighted by atomic mass is 9.88. The van der Waals surface area contributed by atoms with Crippen molar-refractivity contribution in [1.82, 2.24) is 25.4 Å². The van der Waals surface area contributed by atoms with E-state index in [9.17, 15) is 24.3 Å². The number of rotatable bonds is 22. The molecule has 3 N–H and O–H groups in total. The minimum absolute atomic E-state index is 0.00851. The molecule has 1 aliphatic heterocycles. The summed E-state index contributed by atoms with van der Waals surface area (Å²) in [6, 6.07) is 42.7. The highest BCUT2D eigenvalue weighted by Crippen LogP contribution is 2.35. The Kier molecular flexibility index (Phi) is 18.9. The number of β-amino-alcohol motifs (C(OH)–C–C–N with tert-alkyl or cyclic N) is 1. The first-order chi connectivity index (χ1) is 34.9. The number of hydrogen-bond acceptors (Lipinski definition) is 10. The maximum absolute atomic E-state index is 13.8. The Hall–Kier alpha value is -7.13. The van der Waals surface area contributed by atoms with Gasteiger partial charge in [0.05, 0.1) is 35.3 Å². The molecule has 5 aromatic carbocycles. The van der Waals surface area contributed by atoms with E-state index in [0.29, 0.717) is 25.3 Å². The first-order valence-electron chi connectivity index (χ1n) is 24.5. The highest BCUT2D eigenvalue weighted by molar-refractivity contribution is 7.13. The number of aliphatic hydroxyl groups excluding tert-OH is 1. The molecule has 7 rings (SSSR count). The van der Waals surface area contributed by atoms with Gasteiger partial charge in [0.15, 0.2) is 0 Å². The summed E-state index contributed by atoms with van der Waals surface area (Å²) in [4.78, 5) is 61.4. The third kappa shape index (κ3) is 14.3. The van der Waals surface area contributed by atoms with E-state index in [4.69, 9.17) is 14.2 Å². The van der Waals surface area contributed by atoms with Crippen molar-refractivity contribution in [2.45, 2.75) is 78.3 Å². The van der Waals surface area contributed by atoms with E-state index in [2.05, 4.69) is 83.2 Å². The van der Waals surface area contributed by atoms with Crippen LogP contribution in [-0.2, 0) is 43.4 Å². The molecule has 72 heavy (non-hydrogen) atoms. The number of hydrogen-bond donors (Lipinski definition) is 3. The Balaban J connectivity index is 0.800. The summed E-state index contributed by atoms with van der Waals surface area (Å²) in [5.41, 5.74) is 12.4. The van der Waals surface area contributed by atoms with Crippen molar-refractivity contribution in [3.05, 3.63) is 178 Å². The van der Waals surface area contributed by atoms with Crippen LogP contribution in [0.5, 0.6) is 5.75 Å². The number of likely N-dealkylation sites (N-methyl/N-ethyl adjacent to an activating group) is 1. The molecule has 1 saturated heterocycles. The lowest BCUT2D eigenvalue weighted by Gasteiger charge is -2.30. The molecule has 0 radical (unpaired) electrons. The number of amides is 4. The van der Waals surface area contributed by atoms with Crippen molar-refractivity contribution in [2.75, 3.05) is 40.0 Å². The Morgan fingerprint density at radius 1 is 0.819 bits per heavy atom. The third-order valence-electron chi connectivity index (χ3n) is 12.7. The Labute approximate surface area is 426 Å². The molecule has 0 bridgehead atoms. The minimum atomic E-state index is -0.917. The van der Waals surface area contributed by atoms with E-state index < -0.39 is 36.1 Å². The number of likely N-dealkylation sites (tertiary alicyclic amines) is 1. The average molecular weight is 992 g/mol. The molecule has 1 aromatic heterocycles. The van der Waals surface area contributed by atoms with Gasteiger partial charge in [-0.2, -0.15) is 0 Å². The van der Waals surface area contributed by atoms with E-state index >= 15 is 0 Å². The fourth-order valence-corrected chi connectivity index (χ4v) is 9.49. The highest BCUT2D eigenvalue weighted by atomic mass is 32.1. The Bertz CT molecular complexity index is 2750. The summed E-state index contributed by atoms with van der Waals surface area (Å²) < 4.78 is 17.3. The van der Waals surface area contributed by atoms with E-state index in [1.165, 1.54) is 26.5 Å². The molecular weight excluding hydrogens is 927 g/mol. The molecule has 376 valence electrons. The standard InChI is InChI=1S/C58H65N5O8S/c1-6-50(44-13-9-7-10-14-44)53(45-15-11-8-12-16-45)46-25-27-49(28-26-46)70-32-30-62(5)58(68)71-36-43-19-17-41(18-20-43)29-31-69-37-52(65)61-54(39(2)3)57(67)63-35-48(64)33-51(63)56(66)59-34-42-21-23-47(24-22-42)55-40(4)60-38-72-55/h7-28,38-39,48,51,54,64H,6,29-37H2,1-5H3,(H,59,66)(H,61,65)/b53-50-/t48-,51+,54+/m1/s1. The van der Waals surface area contributed by atoms with Crippen molar-refractivity contribution in [3.8, 4) is 16.2 Å². The van der Waals surface area contributed by atoms with Crippen molar-refractivity contribution in [2.24, 2.45) is 5.92 Å². The van der Waals surface area contributed by atoms with E-state index in [1.54, 1.807) is 18.4 Å². The number of nitrogens with one attached hydrogen (secondary N) is 2. The van der Waals surface area contributed by atoms with Gasteiger partial charge in [0.2, 0.25) is 17.7 Å². The third-order valence-corrected chi connectivity index (χ3v) is 13.7. The van der Waals surface area contributed by atoms with E-state index in [-0.39, 0.29) is 51.2 Å². The fraction of sp³-hybridized carbons (Fsp3) is 0.328. The van der Waals surface area contributed by atoms with Gasteiger partial charge in [0, 0.05) is 26.6 Å². The minimum Gasteiger partial charge on any atom is -0.492 e. The molecule has 0 aliphatic carbocycles. The van der Waals surface area contributed by atoms with Crippen molar-refractivity contribution in [1.29, 1.82) is 0 Å². The summed E-state index contributed by atoms with van der Waals surface area (Å²) in [5, 5.41) is 16.3. The molecule has 14 heteroatoms. The van der Waals surface area contributed by atoms with Gasteiger partial charge in [-0.25, -0.2) is 9.78 Å². The smallest absolute Gasteiger partial charge is 0.409 e. The van der Waals surface area contributed by atoms with E-state index in [1.807, 2.05) is 99.1 Å². The molecule has 0 unspecified atom stereocenters. The van der Waals surface area contributed by atoms with Crippen molar-refractivity contribution in [3.63, 3.8) is 0 Å². The van der Waals surface area contributed by atoms with Crippen LogP contribution in [0.1, 0.15) is 72.7 Å². The second-order valence-corrected chi connectivity index (χ2v) is 19.1. The molecule has 1 fully saturated rings. The van der Waals surface area contributed by atoms with Crippen LogP contribution in [0, 0.1) is 12.8 Å². The van der Waals surface area contributed by atoms with Crippen LogP contribution >= 0.6 is 11.3 Å². The molecule has 0 saturated carbocycles. The maximum atomic E-state index is 13.8. The van der Waals surface area contributed by atoms with Gasteiger partial charge < -0.3 is 39.8 Å². The van der Waals surface area contributed by atoms with Gasteiger partial charge in [-0.15, -0.1) is 11.3 Å². The number of benzene rings is 5. The predicted octanol–water partition coefficient (Wildman–Crippen LogP) is 9.11. The molecule has 0 spiro atoms. The van der Waals surface area contributed by atoms with Crippen LogP contribution in [0.3, 0.4) is 0 Å². The molecule has 1 aliphatic rings. The van der Waals surface area contributed by atoms with Gasteiger partial charge in [0.25, 0.3) is 0 Å². The van der Waals surface area contributed by atoms with Gasteiger partial charge in [-0.3, -0.25) is 14.4 Å². The number of carbonyl (C=O) groups excluding carboxylic acids is 4. The van der Waals surface area contributed by atoms with Gasteiger partial charge >= 0.3 is 6.09 Å². The Morgan fingerprint density at radius 2 is 1.46 bits per heavy atom. The molecule has 4 amide bonds. The monoisotopic (exact) mass is 991 g/mol. The number of aliphatic hydroxyl groups is 1. The highest BCUT2D eigenvalue weighted by Gasteiger charge is 2.42. The van der Waals surface area contributed by atoms with Crippen LogP contribution in [-0.4, -0.2) is 102 Å². The topological polar surface area (TPSA) is 160 Å². The normalized spacial score (nSPS) is 15.1. The van der Waals surface area contributed by atoms with Crippen LogP contribution in [0.4, 0.5) is 4.79 Å². The molecule has 3 atom stereocenters. The molecule has 2 heterocycles. The quantitative estimate of drug-likeness (QED) is 0.0446. The zero-order valence-electron chi connectivity index (χ0n) is 41.7. The SMILES string of the molecule is CC/C(=C(\c1ccccc1)c1ccc(OCCN(C)C(=O)OCc2ccc(CCOCC(=O)N[C@H](C(=O)N3C[C@H](O)C[C@H]3C(=O)NCc3ccc(-c4scnc4C)cc3)C(C)C)cc2)cc1)c1ccccc1. The predicted molar refractivity (Wildman–Crippen MR) is 282 cm³/mol. The number of nitrogens with zero attached hydrogens (tertiary/aromatic N) is 3. The van der Waals surface area contributed by atoms with Crippen LogP contribution in [0.25, 0.3) is 21.6 Å². The lowest BCUT2D eigenvalue weighted by Crippen LogP contribution is -2.55. The van der Waals surface area contributed by atoms with Crippen molar-refractivity contribution >= 4 is 46.3 Å². The second kappa shape index (κ2) is 25.8. The van der Waals surface area contributed by atoms with Crippen LogP contribution < -0.4 is 15.4 Å². The van der Waals surface area contributed by atoms with Gasteiger partial charge in [-0.05, 0) is 87.9 Å². The number of aromatic nitrogens is 1.